The largest absolute Gasteiger partial charge is 0.366 e. The first kappa shape index (κ1) is 11.0. The second-order valence-electron chi connectivity index (χ2n) is 3.54. The lowest BCUT2D eigenvalue weighted by Crippen LogP contribution is -2.29. The molecule has 1 atom stereocenters. The molecule has 0 spiro atoms. The van der Waals surface area contributed by atoms with Crippen LogP contribution in [0.1, 0.15) is 29.4 Å². The van der Waals surface area contributed by atoms with Crippen molar-refractivity contribution in [3.05, 3.63) is 18.0 Å². The van der Waals surface area contributed by atoms with Crippen molar-refractivity contribution in [2.45, 2.75) is 13.0 Å². The quantitative estimate of drug-likeness (QED) is 0.627. The summed E-state index contributed by atoms with van der Waals surface area (Å²) < 4.78 is 1.72. The molecule has 0 saturated heterocycles. The number of H-pyrrole nitrogens is 1. The van der Waals surface area contributed by atoms with E-state index in [4.69, 9.17) is 5.73 Å². The van der Waals surface area contributed by atoms with E-state index in [1.807, 2.05) is 0 Å². The van der Waals surface area contributed by atoms with Gasteiger partial charge in [0.05, 0.1) is 6.04 Å². The van der Waals surface area contributed by atoms with E-state index in [2.05, 4.69) is 30.7 Å². The molecule has 17 heavy (non-hydrogen) atoms. The zero-order valence-electron chi connectivity index (χ0n) is 9.38. The molecule has 2 heterocycles. The molecular formula is C8H12N8O. The Balaban J connectivity index is 2.07. The molecule has 9 heteroatoms. The van der Waals surface area contributed by atoms with E-state index in [1.165, 1.54) is 0 Å². The van der Waals surface area contributed by atoms with E-state index in [9.17, 15) is 4.79 Å². The number of nitrogens with zero attached hydrogens (tertiary/aromatic N) is 5. The fourth-order valence-electron chi connectivity index (χ4n) is 1.39. The standard InChI is InChI=1S/C8H12N8O/c1-4(6-14-10-3-16(6)2)11-7(17)5-12-8(9)15-13-5/h3-4H,1-2H3,(H,11,17)(H3,9,12,13,15). The number of nitrogens with one attached hydrogen (secondary N) is 2. The lowest BCUT2D eigenvalue weighted by molar-refractivity contribution is 0.0927. The summed E-state index contributed by atoms with van der Waals surface area (Å²) in [6, 6.07) is -0.290. The predicted molar refractivity (Wildman–Crippen MR) is 57.7 cm³/mol. The van der Waals surface area contributed by atoms with E-state index in [1.54, 1.807) is 24.9 Å². The highest BCUT2D eigenvalue weighted by atomic mass is 16.2. The van der Waals surface area contributed by atoms with Crippen LogP contribution in [0.3, 0.4) is 0 Å². The number of carbonyl (C=O) groups is 1. The monoisotopic (exact) mass is 236 g/mol. The molecular weight excluding hydrogens is 224 g/mol. The van der Waals surface area contributed by atoms with Gasteiger partial charge in [0.1, 0.15) is 6.33 Å². The average Bonchev–Trinajstić information content (AvgIpc) is 2.86. The van der Waals surface area contributed by atoms with Crippen LogP contribution >= 0.6 is 0 Å². The van der Waals surface area contributed by atoms with Crippen LogP contribution in [0.5, 0.6) is 0 Å². The van der Waals surface area contributed by atoms with Crippen molar-refractivity contribution in [1.29, 1.82) is 0 Å². The van der Waals surface area contributed by atoms with Gasteiger partial charge in [-0.1, -0.05) is 0 Å². The molecule has 2 aromatic heterocycles. The predicted octanol–water partition coefficient (Wildman–Crippen LogP) is -0.994. The molecule has 0 aliphatic rings. The molecule has 90 valence electrons. The molecule has 1 amide bonds. The Labute approximate surface area is 96.4 Å². The Kier molecular flexibility index (Phi) is 2.73. The average molecular weight is 236 g/mol. The van der Waals surface area contributed by atoms with Crippen LogP contribution in [0.15, 0.2) is 6.33 Å². The Morgan fingerprint density at radius 2 is 2.41 bits per heavy atom. The van der Waals surface area contributed by atoms with E-state index >= 15 is 0 Å². The SMILES string of the molecule is CC(NC(=O)c1nc(N)n[nH]1)c1nncn1C. The third kappa shape index (κ3) is 2.22. The zero-order valence-corrected chi connectivity index (χ0v) is 9.38. The van der Waals surface area contributed by atoms with Gasteiger partial charge in [-0.25, -0.2) is 0 Å². The number of aromatic nitrogens is 6. The van der Waals surface area contributed by atoms with Crippen molar-refractivity contribution < 1.29 is 4.79 Å². The smallest absolute Gasteiger partial charge is 0.289 e. The van der Waals surface area contributed by atoms with Gasteiger partial charge in [0.25, 0.3) is 5.91 Å². The maximum Gasteiger partial charge on any atom is 0.289 e. The molecule has 0 bridgehead atoms. The van der Waals surface area contributed by atoms with Gasteiger partial charge in [-0.2, -0.15) is 4.98 Å². The second kappa shape index (κ2) is 4.20. The third-order valence-electron chi connectivity index (χ3n) is 2.20. The molecule has 0 fully saturated rings. The van der Waals surface area contributed by atoms with Crippen LogP contribution in [0.25, 0.3) is 0 Å². The summed E-state index contributed by atoms with van der Waals surface area (Å²) in [7, 11) is 1.80. The summed E-state index contributed by atoms with van der Waals surface area (Å²) in [5.74, 6) is 0.341. The number of aromatic amines is 1. The number of nitrogen functional groups attached to an aromatic ring is 1. The molecule has 2 rings (SSSR count). The summed E-state index contributed by atoms with van der Waals surface area (Å²) >= 11 is 0. The van der Waals surface area contributed by atoms with Gasteiger partial charge >= 0.3 is 0 Å². The van der Waals surface area contributed by atoms with Gasteiger partial charge in [0.2, 0.25) is 11.8 Å². The van der Waals surface area contributed by atoms with Gasteiger partial charge in [-0.05, 0) is 6.92 Å². The fraction of sp³-hybridized carbons (Fsp3) is 0.375. The number of hydrogen-bond acceptors (Lipinski definition) is 6. The minimum Gasteiger partial charge on any atom is -0.366 e. The van der Waals surface area contributed by atoms with Gasteiger partial charge in [-0.3, -0.25) is 9.89 Å². The topological polar surface area (TPSA) is 127 Å². The zero-order chi connectivity index (χ0) is 12.4. The third-order valence-corrected chi connectivity index (χ3v) is 2.20. The Morgan fingerprint density at radius 3 is 2.94 bits per heavy atom. The number of hydrogen-bond donors (Lipinski definition) is 3. The van der Waals surface area contributed by atoms with Crippen molar-refractivity contribution in [1.82, 2.24) is 35.3 Å². The highest BCUT2D eigenvalue weighted by molar-refractivity contribution is 5.90. The van der Waals surface area contributed by atoms with E-state index in [0.29, 0.717) is 5.82 Å². The van der Waals surface area contributed by atoms with Gasteiger partial charge in [-0.15, -0.1) is 15.3 Å². The highest BCUT2D eigenvalue weighted by Gasteiger charge is 2.17. The summed E-state index contributed by atoms with van der Waals surface area (Å²) in [5.41, 5.74) is 5.31. The summed E-state index contributed by atoms with van der Waals surface area (Å²) in [4.78, 5) is 15.4. The number of amides is 1. The maximum atomic E-state index is 11.7. The van der Waals surface area contributed by atoms with Crippen molar-refractivity contribution in [2.75, 3.05) is 5.73 Å². The van der Waals surface area contributed by atoms with Crippen LogP contribution < -0.4 is 11.1 Å². The number of carbonyl (C=O) groups excluding carboxylic acids is 1. The highest BCUT2D eigenvalue weighted by Crippen LogP contribution is 2.07. The van der Waals surface area contributed by atoms with Crippen LogP contribution in [0, 0.1) is 0 Å². The normalized spacial score (nSPS) is 12.4. The summed E-state index contributed by atoms with van der Waals surface area (Å²) in [6.45, 7) is 1.79. The molecule has 4 N–H and O–H groups in total. The lowest BCUT2D eigenvalue weighted by Gasteiger charge is -2.11. The number of rotatable bonds is 3. The van der Waals surface area contributed by atoms with E-state index in [0.717, 1.165) is 0 Å². The maximum absolute atomic E-state index is 11.7. The van der Waals surface area contributed by atoms with Crippen molar-refractivity contribution in [3.8, 4) is 0 Å². The second-order valence-corrected chi connectivity index (χ2v) is 3.54. The van der Waals surface area contributed by atoms with Crippen LogP contribution in [0.4, 0.5) is 5.95 Å². The van der Waals surface area contributed by atoms with Gasteiger partial charge < -0.3 is 15.6 Å². The van der Waals surface area contributed by atoms with Crippen molar-refractivity contribution in [2.24, 2.45) is 7.05 Å². The molecule has 0 aliphatic heterocycles. The van der Waals surface area contributed by atoms with Crippen LogP contribution in [0.2, 0.25) is 0 Å². The molecule has 0 saturated carbocycles. The molecule has 0 aromatic carbocycles. The minimum absolute atomic E-state index is 0.0291. The number of nitrogens with two attached hydrogens (primary N) is 1. The van der Waals surface area contributed by atoms with Gasteiger partial charge in [0, 0.05) is 7.05 Å². The van der Waals surface area contributed by atoms with Gasteiger partial charge in [0.15, 0.2) is 5.82 Å². The molecule has 1 unspecified atom stereocenters. The molecule has 9 nitrogen and oxygen atoms in total. The summed E-state index contributed by atoms with van der Waals surface area (Å²) in [5, 5.41) is 16.3. The van der Waals surface area contributed by atoms with E-state index in [-0.39, 0.29) is 17.8 Å². The Hall–Kier alpha value is -2.45. The Bertz CT molecular complexity index is 529. The number of aryl methyl sites for hydroxylation is 1. The van der Waals surface area contributed by atoms with Crippen molar-refractivity contribution in [3.63, 3.8) is 0 Å². The summed E-state index contributed by atoms with van der Waals surface area (Å²) in [6.07, 6.45) is 1.56. The Morgan fingerprint density at radius 1 is 1.65 bits per heavy atom. The number of anilines is 1. The first-order chi connectivity index (χ1) is 8.08. The van der Waals surface area contributed by atoms with Crippen LogP contribution in [-0.4, -0.2) is 35.9 Å². The van der Waals surface area contributed by atoms with Crippen LogP contribution in [-0.2, 0) is 7.05 Å². The van der Waals surface area contributed by atoms with Crippen molar-refractivity contribution >= 4 is 11.9 Å². The first-order valence-corrected chi connectivity index (χ1v) is 4.90. The molecule has 2 aromatic rings. The molecule has 0 radical (unpaired) electrons. The minimum atomic E-state index is -0.398. The lowest BCUT2D eigenvalue weighted by atomic mass is 10.3. The molecule has 0 aliphatic carbocycles. The fourth-order valence-corrected chi connectivity index (χ4v) is 1.39. The first-order valence-electron chi connectivity index (χ1n) is 4.90. The van der Waals surface area contributed by atoms with E-state index < -0.39 is 5.91 Å².